The summed E-state index contributed by atoms with van der Waals surface area (Å²) in [5.74, 6) is -1.50. The van der Waals surface area contributed by atoms with Crippen LogP contribution in [-0.4, -0.2) is 42.9 Å². The fourth-order valence-electron chi connectivity index (χ4n) is 2.47. The van der Waals surface area contributed by atoms with Gasteiger partial charge in [0.25, 0.3) is 10.0 Å². The van der Waals surface area contributed by atoms with Crippen molar-refractivity contribution in [1.82, 2.24) is 9.29 Å². The summed E-state index contributed by atoms with van der Waals surface area (Å²) in [7, 11) is -4.29. The number of aromatic nitrogens is 1. The van der Waals surface area contributed by atoms with Crippen molar-refractivity contribution in [2.75, 3.05) is 18.1 Å². The molecule has 0 radical (unpaired) electrons. The molecule has 0 aliphatic carbocycles. The van der Waals surface area contributed by atoms with E-state index in [-0.39, 0.29) is 23.0 Å². The second-order valence-corrected chi connectivity index (χ2v) is 7.07. The SMILES string of the molecule is CCOC(=O)CN1C(=O)N(c2ccc(F)cc2)c2ncccc2S1(=O)=O. The van der Waals surface area contributed by atoms with Gasteiger partial charge in [-0.25, -0.2) is 31.8 Å². The van der Waals surface area contributed by atoms with Gasteiger partial charge >= 0.3 is 12.0 Å². The van der Waals surface area contributed by atoms with Gasteiger partial charge < -0.3 is 4.74 Å². The van der Waals surface area contributed by atoms with Crippen molar-refractivity contribution in [2.45, 2.75) is 11.8 Å². The second-order valence-electron chi connectivity index (χ2n) is 5.24. The summed E-state index contributed by atoms with van der Waals surface area (Å²) in [6, 6.07) is 6.55. The average Bonchev–Trinajstić information content (AvgIpc) is 2.61. The summed E-state index contributed by atoms with van der Waals surface area (Å²) >= 11 is 0. The Labute approximate surface area is 148 Å². The van der Waals surface area contributed by atoms with E-state index in [0.29, 0.717) is 4.31 Å². The third-order valence-corrected chi connectivity index (χ3v) is 5.34. The van der Waals surface area contributed by atoms with Crippen LogP contribution < -0.4 is 4.90 Å². The molecule has 0 unspecified atom stereocenters. The highest BCUT2D eigenvalue weighted by atomic mass is 32.2. The number of benzene rings is 1. The van der Waals surface area contributed by atoms with Crippen LogP contribution in [0.3, 0.4) is 0 Å². The zero-order valence-corrected chi connectivity index (χ0v) is 14.4. The molecule has 1 aliphatic rings. The van der Waals surface area contributed by atoms with E-state index in [4.69, 9.17) is 4.74 Å². The van der Waals surface area contributed by atoms with Crippen LogP contribution in [-0.2, 0) is 19.6 Å². The number of anilines is 2. The first-order valence-corrected chi connectivity index (χ1v) is 9.03. The molecule has 1 aromatic heterocycles. The van der Waals surface area contributed by atoms with Gasteiger partial charge in [0.1, 0.15) is 17.3 Å². The zero-order valence-electron chi connectivity index (χ0n) is 13.6. The molecule has 2 aromatic rings. The molecule has 0 N–H and O–H groups in total. The van der Waals surface area contributed by atoms with E-state index in [1.165, 1.54) is 30.5 Å². The standard InChI is InChI=1S/C16H14FN3O5S/c1-2-25-14(21)10-19-16(22)20(12-7-5-11(17)6-8-12)15-13(26(19,23)24)4-3-9-18-15/h3-9H,2,10H2,1H3. The number of hydrogen-bond acceptors (Lipinski definition) is 6. The van der Waals surface area contributed by atoms with E-state index in [1.54, 1.807) is 6.92 Å². The molecular formula is C16H14FN3O5S. The predicted molar refractivity (Wildman–Crippen MR) is 88.7 cm³/mol. The molecule has 8 nitrogen and oxygen atoms in total. The first-order valence-electron chi connectivity index (χ1n) is 7.59. The lowest BCUT2D eigenvalue weighted by atomic mass is 10.2. The van der Waals surface area contributed by atoms with Gasteiger partial charge in [0.2, 0.25) is 0 Å². The molecule has 1 aromatic carbocycles. The second kappa shape index (κ2) is 6.71. The van der Waals surface area contributed by atoms with E-state index in [2.05, 4.69) is 4.98 Å². The topological polar surface area (TPSA) is 96.9 Å². The van der Waals surface area contributed by atoms with Gasteiger partial charge in [-0.15, -0.1) is 0 Å². The van der Waals surface area contributed by atoms with Crippen LogP contribution in [0.5, 0.6) is 0 Å². The van der Waals surface area contributed by atoms with Crippen molar-refractivity contribution in [1.29, 1.82) is 0 Å². The van der Waals surface area contributed by atoms with Crippen LogP contribution in [0.2, 0.25) is 0 Å². The monoisotopic (exact) mass is 379 g/mol. The van der Waals surface area contributed by atoms with Crippen molar-refractivity contribution in [3.05, 3.63) is 48.4 Å². The number of esters is 1. The highest BCUT2D eigenvalue weighted by Crippen LogP contribution is 2.37. The minimum absolute atomic E-state index is 0.0424. The predicted octanol–water partition coefficient (Wildman–Crippen LogP) is 2.05. The van der Waals surface area contributed by atoms with Gasteiger partial charge in [0, 0.05) is 6.20 Å². The Morgan fingerprint density at radius 2 is 1.92 bits per heavy atom. The maximum atomic E-state index is 13.2. The molecule has 0 saturated carbocycles. The first-order chi connectivity index (χ1) is 12.4. The Morgan fingerprint density at radius 1 is 1.23 bits per heavy atom. The Bertz CT molecular complexity index is 962. The van der Waals surface area contributed by atoms with Gasteiger partial charge in [-0.3, -0.25) is 4.79 Å². The fourth-order valence-corrected chi connectivity index (χ4v) is 3.90. The van der Waals surface area contributed by atoms with E-state index < -0.39 is 34.4 Å². The number of amides is 2. The molecule has 0 saturated heterocycles. The molecule has 0 spiro atoms. The van der Waals surface area contributed by atoms with Gasteiger partial charge in [-0.2, -0.15) is 0 Å². The number of carbonyl (C=O) groups is 2. The number of urea groups is 1. The summed E-state index contributed by atoms with van der Waals surface area (Å²) in [6.07, 6.45) is 1.33. The number of nitrogens with zero attached hydrogens (tertiary/aromatic N) is 3. The molecule has 1 aliphatic heterocycles. The zero-order chi connectivity index (χ0) is 18.9. The lowest BCUT2D eigenvalue weighted by Gasteiger charge is -2.34. The minimum Gasteiger partial charge on any atom is -0.465 e. The van der Waals surface area contributed by atoms with Crippen LogP contribution in [0.15, 0.2) is 47.5 Å². The van der Waals surface area contributed by atoms with Crippen molar-refractivity contribution in [3.8, 4) is 0 Å². The van der Waals surface area contributed by atoms with Crippen LogP contribution in [0, 0.1) is 5.82 Å². The number of ether oxygens (including phenoxy) is 1. The lowest BCUT2D eigenvalue weighted by molar-refractivity contribution is -0.142. The summed E-state index contributed by atoms with van der Waals surface area (Å²) in [5.41, 5.74) is 0.208. The molecule has 26 heavy (non-hydrogen) atoms. The minimum atomic E-state index is -4.29. The van der Waals surface area contributed by atoms with Crippen molar-refractivity contribution in [2.24, 2.45) is 0 Å². The maximum absolute atomic E-state index is 13.2. The highest BCUT2D eigenvalue weighted by molar-refractivity contribution is 7.90. The quantitative estimate of drug-likeness (QED) is 0.754. The smallest absolute Gasteiger partial charge is 0.344 e. The van der Waals surface area contributed by atoms with Crippen LogP contribution in [0.4, 0.5) is 20.7 Å². The Morgan fingerprint density at radius 3 is 2.58 bits per heavy atom. The fraction of sp³-hybridized carbons (Fsp3) is 0.188. The number of rotatable bonds is 4. The number of pyridine rings is 1. The molecule has 2 amide bonds. The Hall–Kier alpha value is -3.01. The summed E-state index contributed by atoms with van der Waals surface area (Å²) in [4.78, 5) is 29.4. The lowest BCUT2D eigenvalue weighted by Crippen LogP contribution is -2.51. The summed E-state index contributed by atoms with van der Waals surface area (Å²) in [6.45, 7) is 0.830. The molecule has 0 bridgehead atoms. The molecule has 2 heterocycles. The van der Waals surface area contributed by atoms with Gasteiger partial charge in [-0.05, 0) is 43.3 Å². The van der Waals surface area contributed by atoms with E-state index in [0.717, 1.165) is 17.0 Å². The van der Waals surface area contributed by atoms with Crippen molar-refractivity contribution in [3.63, 3.8) is 0 Å². The van der Waals surface area contributed by atoms with Crippen molar-refractivity contribution >= 4 is 33.5 Å². The third kappa shape index (κ3) is 2.99. The average molecular weight is 379 g/mol. The summed E-state index contributed by atoms with van der Waals surface area (Å²) < 4.78 is 43.9. The summed E-state index contributed by atoms with van der Waals surface area (Å²) in [5, 5.41) is 0. The Kier molecular flexibility index (Phi) is 4.60. The normalized spacial score (nSPS) is 15.5. The molecule has 3 rings (SSSR count). The van der Waals surface area contributed by atoms with E-state index in [9.17, 15) is 22.4 Å². The highest BCUT2D eigenvalue weighted by Gasteiger charge is 2.44. The number of sulfonamides is 1. The number of fused-ring (bicyclic) bond motifs is 1. The van der Waals surface area contributed by atoms with E-state index in [1.807, 2.05) is 0 Å². The number of halogens is 1. The molecule has 0 atom stereocenters. The number of carbonyl (C=O) groups excluding carboxylic acids is 2. The molecule has 10 heteroatoms. The Balaban J connectivity index is 2.14. The van der Waals surface area contributed by atoms with Crippen LogP contribution in [0.25, 0.3) is 0 Å². The van der Waals surface area contributed by atoms with Crippen molar-refractivity contribution < 1.29 is 27.1 Å². The number of hydrogen-bond donors (Lipinski definition) is 0. The van der Waals surface area contributed by atoms with Crippen LogP contribution >= 0.6 is 0 Å². The first kappa shape index (κ1) is 17.8. The van der Waals surface area contributed by atoms with E-state index >= 15 is 0 Å². The molecule has 136 valence electrons. The van der Waals surface area contributed by atoms with Gasteiger partial charge in [-0.1, -0.05) is 0 Å². The van der Waals surface area contributed by atoms with Crippen LogP contribution in [0.1, 0.15) is 6.92 Å². The largest absolute Gasteiger partial charge is 0.465 e. The molecule has 0 fully saturated rings. The van der Waals surface area contributed by atoms with Gasteiger partial charge in [0.05, 0.1) is 12.3 Å². The maximum Gasteiger partial charge on any atom is 0.344 e. The molecular weight excluding hydrogens is 365 g/mol. The van der Waals surface area contributed by atoms with Gasteiger partial charge in [0.15, 0.2) is 5.82 Å². The third-order valence-electron chi connectivity index (χ3n) is 3.60.